The number of aromatic amines is 1. The number of rotatable bonds is 1. The van der Waals surface area contributed by atoms with Crippen LogP contribution in [-0.4, -0.2) is 9.55 Å². The molecule has 0 aliphatic carbocycles. The van der Waals surface area contributed by atoms with E-state index in [1.165, 1.54) is 18.2 Å². The van der Waals surface area contributed by atoms with Gasteiger partial charge in [0.25, 0.3) is 5.56 Å². The molecule has 0 bridgehead atoms. The second-order valence-corrected chi connectivity index (χ2v) is 4.24. The number of hydrogen-bond acceptors (Lipinski definition) is 2. The Balaban J connectivity index is 2.39. The van der Waals surface area contributed by atoms with Crippen LogP contribution in [0.4, 0.5) is 8.78 Å². The van der Waals surface area contributed by atoms with Gasteiger partial charge in [-0.25, -0.2) is 18.1 Å². The molecular weight excluding hydrogens is 266 g/mol. The average molecular weight is 274 g/mol. The van der Waals surface area contributed by atoms with Gasteiger partial charge in [0.2, 0.25) is 0 Å². The Morgan fingerprint density at radius 1 is 0.900 bits per heavy atom. The summed E-state index contributed by atoms with van der Waals surface area (Å²) in [5, 5.41) is 0.0499. The standard InChI is InChI=1S/C14H8F2N2O2/c15-8-1-4-10(5-2-8)18-13(19)11-7-9(16)3-6-12(11)17-14(18)20/h1-7H,(H,17,20). The van der Waals surface area contributed by atoms with E-state index in [1.807, 2.05) is 0 Å². The largest absolute Gasteiger partial charge is 0.333 e. The van der Waals surface area contributed by atoms with Crippen molar-refractivity contribution in [1.29, 1.82) is 0 Å². The lowest BCUT2D eigenvalue weighted by Crippen LogP contribution is -2.33. The molecule has 1 aromatic heterocycles. The highest BCUT2D eigenvalue weighted by Gasteiger charge is 2.10. The van der Waals surface area contributed by atoms with Crippen LogP contribution >= 0.6 is 0 Å². The zero-order valence-electron chi connectivity index (χ0n) is 10.1. The summed E-state index contributed by atoms with van der Waals surface area (Å²) in [6.45, 7) is 0. The van der Waals surface area contributed by atoms with Gasteiger partial charge >= 0.3 is 5.69 Å². The number of H-pyrrole nitrogens is 1. The first-order valence-corrected chi connectivity index (χ1v) is 5.77. The van der Waals surface area contributed by atoms with Gasteiger partial charge in [-0.05, 0) is 42.5 Å². The molecule has 6 heteroatoms. The molecule has 0 saturated carbocycles. The highest BCUT2D eigenvalue weighted by Crippen LogP contribution is 2.10. The van der Waals surface area contributed by atoms with Gasteiger partial charge in [0, 0.05) is 0 Å². The first-order chi connectivity index (χ1) is 9.56. The number of nitrogens with one attached hydrogen (secondary N) is 1. The van der Waals surface area contributed by atoms with Gasteiger partial charge in [-0.3, -0.25) is 4.79 Å². The zero-order valence-corrected chi connectivity index (χ0v) is 10.1. The molecule has 0 aliphatic heterocycles. The average Bonchev–Trinajstić information content (AvgIpc) is 2.42. The van der Waals surface area contributed by atoms with Crippen molar-refractivity contribution in [3.05, 3.63) is 74.9 Å². The van der Waals surface area contributed by atoms with Crippen molar-refractivity contribution in [2.24, 2.45) is 0 Å². The van der Waals surface area contributed by atoms with Crippen LogP contribution in [0.25, 0.3) is 16.6 Å². The second kappa shape index (κ2) is 4.41. The summed E-state index contributed by atoms with van der Waals surface area (Å²) in [6.07, 6.45) is 0. The number of hydrogen-bond donors (Lipinski definition) is 1. The minimum absolute atomic E-state index is 0.0499. The van der Waals surface area contributed by atoms with Crippen LogP contribution in [0.1, 0.15) is 0 Å². The van der Waals surface area contributed by atoms with E-state index >= 15 is 0 Å². The van der Waals surface area contributed by atoms with Crippen molar-refractivity contribution >= 4 is 10.9 Å². The fourth-order valence-corrected chi connectivity index (χ4v) is 2.01. The number of fused-ring (bicyclic) bond motifs is 1. The zero-order chi connectivity index (χ0) is 14.3. The lowest BCUT2D eigenvalue weighted by atomic mass is 10.2. The van der Waals surface area contributed by atoms with Crippen LogP contribution in [-0.2, 0) is 0 Å². The van der Waals surface area contributed by atoms with Gasteiger partial charge in [-0.15, -0.1) is 0 Å². The molecule has 0 aliphatic rings. The van der Waals surface area contributed by atoms with E-state index in [0.29, 0.717) is 0 Å². The predicted molar refractivity (Wildman–Crippen MR) is 70.1 cm³/mol. The molecule has 100 valence electrons. The smallest absolute Gasteiger partial charge is 0.306 e. The first kappa shape index (κ1) is 12.3. The third-order valence-corrected chi connectivity index (χ3v) is 2.94. The highest BCUT2D eigenvalue weighted by atomic mass is 19.1. The Hall–Kier alpha value is -2.76. The summed E-state index contributed by atoms with van der Waals surface area (Å²) in [4.78, 5) is 26.7. The van der Waals surface area contributed by atoms with Gasteiger partial charge < -0.3 is 4.98 Å². The molecule has 0 radical (unpaired) electrons. The SMILES string of the molecule is O=c1[nH]c2ccc(F)cc2c(=O)n1-c1ccc(F)cc1. The Kier molecular flexibility index (Phi) is 2.71. The quantitative estimate of drug-likeness (QED) is 0.737. The summed E-state index contributed by atoms with van der Waals surface area (Å²) in [5.41, 5.74) is -0.862. The van der Waals surface area contributed by atoms with E-state index in [-0.39, 0.29) is 16.6 Å². The number of nitrogens with zero attached hydrogens (tertiary/aromatic N) is 1. The van der Waals surface area contributed by atoms with Crippen LogP contribution in [0.15, 0.2) is 52.1 Å². The van der Waals surface area contributed by atoms with E-state index in [2.05, 4.69) is 4.98 Å². The van der Waals surface area contributed by atoms with Crippen molar-refractivity contribution in [1.82, 2.24) is 9.55 Å². The maximum absolute atomic E-state index is 13.2. The lowest BCUT2D eigenvalue weighted by molar-refractivity contribution is 0.627. The molecule has 1 heterocycles. The summed E-state index contributed by atoms with van der Waals surface area (Å²) in [5.74, 6) is -1.06. The maximum Gasteiger partial charge on any atom is 0.333 e. The minimum atomic E-state index is -0.666. The number of halogens is 2. The second-order valence-electron chi connectivity index (χ2n) is 4.24. The van der Waals surface area contributed by atoms with Gasteiger partial charge in [0.1, 0.15) is 11.6 Å². The topological polar surface area (TPSA) is 54.9 Å². The molecule has 1 N–H and O–H groups in total. The van der Waals surface area contributed by atoms with Crippen LogP contribution in [0.2, 0.25) is 0 Å². The molecule has 0 atom stereocenters. The van der Waals surface area contributed by atoms with Crippen LogP contribution < -0.4 is 11.2 Å². The fraction of sp³-hybridized carbons (Fsp3) is 0. The molecule has 0 saturated heterocycles. The number of aromatic nitrogens is 2. The third kappa shape index (κ3) is 1.91. The van der Waals surface area contributed by atoms with E-state index in [9.17, 15) is 18.4 Å². The molecule has 0 unspecified atom stereocenters. The van der Waals surface area contributed by atoms with Gasteiger partial charge in [-0.1, -0.05) is 0 Å². The van der Waals surface area contributed by atoms with Crippen LogP contribution in [0, 0.1) is 11.6 Å². The van der Waals surface area contributed by atoms with Gasteiger partial charge in [0.05, 0.1) is 16.6 Å². The third-order valence-electron chi connectivity index (χ3n) is 2.94. The van der Waals surface area contributed by atoms with Crippen molar-refractivity contribution in [2.75, 3.05) is 0 Å². The van der Waals surface area contributed by atoms with E-state index < -0.39 is 22.9 Å². The molecular formula is C14H8F2N2O2. The first-order valence-electron chi connectivity index (χ1n) is 5.77. The molecule has 0 fully saturated rings. The molecule has 2 aromatic carbocycles. The maximum atomic E-state index is 13.2. The van der Waals surface area contributed by atoms with Crippen LogP contribution in [0.3, 0.4) is 0 Å². The lowest BCUT2D eigenvalue weighted by Gasteiger charge is -2.06. The van der Waals surface area contributed by atoms with E-state index in [4.69, 9.17) is 0 Å². The van der Waals surface area contributed by atoms with E-state index in [1.54, 1.807) is 0 Å². The summed E-state index contributed by atoms with van der Waals surface area (Å²) < 4.78 is 26.9. The molecule has 3 rings (SSSR count). The normalized spacial score (nSPS) is 10.9. The van der Waals surface area contributed by atoms with E-state index in [0.717, 1.165) is 28.8 Å². The van der Waals surface area contributed by atoms with Crippen molar-refractivity contribution in [3.63, 3.8) is 0 Å². The Morgan fingerprint density at radius 3 is 2.25 bits per heavy atom. The summed E-state index contributed by atoms with van der Waals surface area (Å²) >= 11 is 0. The number of benzene rings is 2. The Bertz CT molecular complexity index is 911. The molecule has 4 nitrogen and oxygen atoms in total. The van der Waals surface area contributed by atoms with Crippen molar-refractivity contribution < 1.29 is 8.78 Å². The van der Waals surface area contributed by atoms with Crippen LogP contribution in [0.5, 0.6) is 0 Å². The fourth-order valence-electron chi connectivity index (χ4n) is 2.01. The molecule has 20 heavy (non-hydrogen) atoms. The summed E-state index contributed by atoms with van der Waals surface area (Å²) in [6, 6.07) is 8.40. The Labute approximate surface area is 110 Å². The monoisotopic (exact) mass is 274 g/mol. The predicted octanol–water partition coefficient (Wildman–Crippen LogP) is 1.96. The van der Waals surface area contributed by atoms with Gasteiger partial charge in [-0.2, -0.15) is 0 Å². The van der Waals surface area contributed by atoms with Gasteiger partial charge in [0.15, 0.2) is 0 Å². The summed E-state index contributed by atoms with van der Waals surface area (Å²) in [7, 11) is 0. The van der Waals surface area contributed by atoms with Crippen molar-refractivity contribution in [2.45, 2.75) is 0 Å². The molecule has 0 amide bonds. The molecule has 3 aromatic rings. The minimum Gasteiger partial charge on any atom is -0.306 e. The molecule has 0 spiro atoms. The highest BCUT2D eigenvalue weighted by molar-refractivity contribution is 5.77. The Morgan fingerprint density at radius 2 is 1.55 bits per heavy atom. The van der Waals surface area contributed by atoms with Crippen molar-refractivity contribution in [3.8, 4) is 5.69 Å².